The van der Waals surface area contributed by atoms with Gasteiger partial charge in [-0.15, -0.1) is 11.3 Å². The standard InChI is InChI=1S/C14H20N4O4S3/c1-2-12-4-5-14(23-12)25(21,22)18-7-3-6-17(8-9-18)24(19,20)13-10-15-11-16-13/h4-5,10-11H,2-3,6-9H2,1H3,(H,15,16). The molecule has 11 heteroatoms. The summed E-state index contributed by atoms with van der Waals surface area (Å²) in [4.78, 5) is 7.36. The number of thiophene rings is 1. The van der Waals surface area contributed by atoms with Gasteiger partial charge in [0, 0.05) is 31.1 Å². The number of nitrogens with one attached hydrogen (secondary N) is 1. The molecule has 138 valence electrons. The lowest BCUT2D eigenvalue weighted by Gasteiger charge is -2.20. The van der Waals surface area contributed by atoms with Crippen LogP contribution in [0.25, 0.3) is 0 Å². The third-order valence-electron chi connectivity index (χ3n) is 4.08. The van der Waals surface area contributed by atoms with Crippen molar-refractivity contribution in [1.29, 1.82) is 0 Å². The summed E-state index contributed by atoms with van der Waals surface area (Å²) < 4.78 is 53.7. The second kappa shape index (κ2) is 7.16. The minimum Gasteiger partial charge on any atom is -0.335 e. The summed E-state index contributed by atoms with van der Waals surface area (Å²) in [5.74, 6) is 0. The first kappa shape index (κ1) is 18.5. The van der Waals surface area contributed by atoms with E-state index in [1.807, 2.05) is 13.0 Å². The Kier molecular flexibility index (Phi) is 5.30. The van der Waals surface area contributed by atoms with Gasteiger partial charge in [0.25, 0.3) is 20.0 Å². The van der Waals surface area contributed by atoms with Crippen molar-refractivity contribution in [3.05, 3.63) is 29.5 Å². The van der Waals surface area contributed by atoms with E-state index >= 15 is 0 Å². The van der Waals surface area contributed by atoms with Crippen LogP contribution in [0.15, 0.2) is 33.9 Å². The molecule has 0 unspecified atom stereocenters. The topological polar surface area (TPSA) is 103 Å². The second-order valence-corrected chi connectivity index (χ2v) is 10.9. The van der Waals surface area contributed by atoms with Crippen LogP contribution in [0.1, 0.15) is 18.2 Å². The van der Waals surface area contributed by atoms with Crippen LogP contribution in [0.2, 0.25) is 0 Å². The van der Waals surface area contributed by atoms with Crippen LogP contribution in [-0.2, 0) is 26.5 Å². The summed E-state index contributed by atoms with van der Waals surface area (Å²) in [6, 6.07) is 3.45. The second-order valence-electron chi connectivity index (χ2n) is 5.65. The molecule has 1 aliphatic rings. The van der Waals surface area contributed by atoms with Gasteiger partial charge in [-0.05, 0) is 25.0 Å². The summed E-state index contributed by atoms with van der Waals surface area (Å²) in [6.45, 7) is 2.81. The van der Waals surface area contributed by atoms with Crippen LogP contribution in [0.5, 0.6) is 0 Å². The predicted molar refractivity (Wildman–Crippen MR) is 94.4 cm³/mol. The first-order valence-corrected chi connectivity index (χ1v) is 11.6. The molecule has 8 nitrogen and oxygen atoms in total. The van der Waals surface area contributed by atoms with E-state index in [0.717, 1.165) is 11.3 Å². The van der Waals surface area contributed by atoms with Gasteiger partial charge in [0.05, 0.1) is 12.5 Å². The summed E-state index contributed by atoms with van der Waals surface area (Å²) in [5.41, 5.74) is 0. The molecule has 2 aromatic rings. The van der Waals surface area contributed by atoms with Gasteiger partial charge < -0.3 is 4.98 Å². The smallest absolute Gasteiger partial charge is 0.260 e. The zero-order chi connectivity index (χ0) is 18.1. The fourth-order valence-corrected chi connectivity index (χ4v) is 6.97. The Bertz CT molecular complexity index is 919. The van der Waals surface area contributed by atoms with Crippen molar-refractivity contribution in [2.24, 2.45) is 0 Å². The number of H-pyrrole nitrogens is 1. The lowest BCUT2D eigenvalue weighted by atomic mass is 10.4. The maximum Gasteiger partial charge on any atom is 0.260 e. The highest BCUT2D eigenvalue weighted by Crippen LogP contribution is 2.26. The van der Waals surface area contributed by atoms with Crippen molar-refractivity contribution in [2.45, 2.75) is 29.0 Å². The van der Waals surface area contributed by atoms with Crippen LogP contribution in [0.3, 0.4) is 0 Å². The summed E-state index contributed by atoms with van der Waals surface area (Å²) in [6.07, 6.45) is 3.80. The Morgan fingerprint density at radius 3 is 2.32 bits per heavy atom. The number of aromatic amines is 1. The molecule has 0 bridgehead atoms. The first-order chi connectivity index (χ1) is 11.9. The van der Waals surface area contributed by atoms with E-state index in [0.29, 0.717) is 17.2 Å². The largest absolute Gasteiger partial charge is 0.335 e. The molecular weight excluding hydrogens is 384 g/mol. The van der Waals surface area contributed by atoms with E-state index in [1.165, 1.54) is 32.5 Å². The molecular formula is C14H20N4O4S3. The molecule has 1 N–H and O–H groups in total. The van der Waals surface area contributed by atoms with Gasteiger partial charge in [-0.25, -0.2) is 21.8 Å². The number of hydrogen-bond donors (Lipinski definition) is 1. The third kappa shape index (κ3) is 3.65. The quantitative estimate of drug-likeness (QED) is 0.804. The van der Waals surface area contributed by atoms with E-state index in [2.05, 4.69) is 9.97 Å². The SMILES string of the molecule is CCc1ccc(S(=O)(=O)N2CCCN(S(=O)(=O)c3cnc[nH]3)CC2)s1. The molecule has 0 amide bonds. The highest BCUT2D eigenvalue weighted by molar-refractivity contribution is 7.91. The summed E-state index contributed by atoms with van der Waals surface area (Å²) >= 11 is 1.27. The lowest BCUT2D eigenvalue weighted by molar-refractivity contribution is 0.404. The van der Waals surface area contributed by atoms with Crippen molar-refractivity contribution >= 4 is 31.4 Å². The molecule has 0 atom stereocenters. The number of aryl methyl sites for hydroxylation is 1. The van der Waals surface area contributed by atoms with Crippen LogP contribution < -0.4 is 0 Å². The zero-order valence-electron chi connectivity index (χ0n) is 13.8. The van der Waals surface area contributed by atoms with Gasteiger partial charge in [-0.1, -0.05) is 6.92 Å². The maximum absolute atomic E-state index is 12.8. The summed E-state index contributed by atoms with van der Waals surface area (Å²) in [7, 11) is -7.27. The van der Waals surface area contributed by atoms with E-state index in [4.69, 9.17) is 0 Å². The Balaban J connectivity index is 1.77. The van der Waals surface area contributed by atoms with Gasteiger partial charge >= 0.3 is 0 Å². The molecule has 3 heterocycles. The fourth-order valence-electron chi connectivity index (χ4n) is 2.69. The van der Waals surface area contributed by atoms with Crippen molar-refractivity contribution in [3.63, 3.8) is 0 Å². The van der Waals surface area contributed by atoms with Crippen LogP contribution in [-0.4, -0.2) is 61.6 Å². The van der Waals surface area contributed by atoms with Crippen molar-refractivity contribution < 1.29 is 16.8 Å². The Morgan fingerprint density at radius 1 is 1.08 bits per heavy atom. The van der Waals surface area contributed by atoms with Crippen LogP contribution in [0, 0.1) is 0 Å². The molecule has 0 radical (unpaired) electrons. The normalized spacial score (nSPS) is 18.3. The Morgan fingerprint density at radius 2 is 1.76 bits per heavy atom. The zero-order valence-corrected chi connectivity index (χ0v) is 16.2. The lowest BCUT2D eigenvalue weighted by Crippen LogP contribution is -2.37. The van der Waals surface area contributed by atoms with Crippen LogP contribution >= 0.6 is 11.3 Å². The average Bonchev–Trinajstić information content (AvgIpc) is 3.22. The predicted octanol–water partition coefficient (Wildman–Crippen LogP) is 1.12. The van der Waals surface area contributed by atoms with Gasteiger partial charge in [0.1, 0.15) is 4.21 Å². The number of rotatable bonds is 5. The number of imidazole rings is 1. The highest BCUT2D eigenvalue weighted by Gasteiger charge is 2.32. The fraction of sp³-hybridized carbons (Fsp3) is 0.500. The molecule has 0 aliphatic carbocycles. The number of sulfonamides is 2. The maximum atomic E-state index is 12.8. The van der Waals surface area contributed by atoms with Crippen LogP contribution in [0.4, 0.5) is 0 Å². The molecule has 3 rings (SSSR count). The molecule has 1 fully saturated rings. The molecule has 0 aromatic carbocycles. The molecule has 0 saturated carbocycles. The van der Waals surface area contributed by atoms with Gasteiger partial charge in [0.15, 0.2) is 5.03 Å². The first-order valence-electron chi connectivity index (χ1n) is 7.93. The molecule has 25 heavy (non-hydrogen) atoms. The number of nitrogens with zero attached hydrogens (tertiary/aromatic N) is 3. The Hall–Kier alpha value is -1.27. The minimum atomic E-state index is -3.68. The summed E-state index contributed by atoms with van der Waals surface area (Å²) in [5, 5.41) is 0.0228. The van der Waals surface area contributed by atoms with E-state index < -0.39 is 20.0 Å². The van der Waals surface area contributed by atoms with Crippen molar-refractivity contribution in [1.82, 2.24) is 18.6 Å². The average molecular weight is 405 g/mol. The minimum absolute atomic E-state index is 0.0228. The molecule has 0 spiro atoms. The highest BCUT2D eigenvalue weighted by atomic mass is 32.2. The van der Waals surface area contributed by atoms with E-state index in [9.17, 15) is 16.8 Å². The molecule has 1 aliphatic heterocycles. The third-order valence-corrected chi connectivity index (χ3v) is 9.50. The van der Waals surface area contributed by atoms with Crippen molar-refractivity contribution in [3.8, 4) is 0 Å². The molecule has 1 saturated heterocycles. The Labute approximate surface area is 151 Å². The monoisotopic (exact) mass is 404 g/mol. The van der Waals surface area contributed by atoms with Gasteiger partial charge in [-0.2, -0.15) is 8.61 Å². The number of aromatic nitrogens is 2. The van der Waals surface area contributed by atoms with E-state index in [-0.39, 0.29) is 24.7 Å². The van der Waals surface area contributed by atoms with E-state index in [1.54, 1.807) is 6.07 Å². The van der Waals surface area contributed by atoms with Gasteiger partial charge in [0.2, 0.25) is 0 Å². The van der Waals surface area contributed by atoms with Crippen molar-refractivity contribution in [2.75, 3.05) is 26.2 Å². The number of hydrogen-bond acceptors (Lipinski definition) is 6. The van der Waals surface area contributed by atoms with Gasteiger partial charge in [-0.3, -0.25) is 0 Å². The molecule has 2 aromatic heterocycles.